The van der Waals surface area contributed by atoms with Crippen molar-refractivity contribution < 1.29 is 9.32 Å². The zero-order chi connectivity index (χ0) is 20.4. The summed E-state index contributed by atoms with van der Waals surface area (Å²) in [5, 5.41) is 4.10. The second-order valence-electron chi connectivity index (χ2n) is 7.31. The molecule has 0 aliphatic carbocycles. The largest absolute Gasteiger partial charge is 0.360 e. The highest BCUT2D eigenvalue weighted by Crippen LogP contribution is 2.23. The summed E-state index contributed by atoms with van der Waals surface area (Å²) in [6.07, 6.45) is 10.2. The second-order valence-corrected chi connectivity index (χ2v) is 7.31. The predicted molar refractivity (Wildman–Crippen MR) is 112 cm³/mol. The first-order valence-corrected chi connectivity index (χ1v) is 9.72. The van der Waals surface area contributed by atoms with Crippen molar-refractivity contribution in [1.82, 2.24) is 19.6 Å². The highest BCUT2D eigenvalue weighted by molar-refractivity contribution is 5.93. The van der Waals surface area contributed by atoms with Crippen molar-refractivity contribution in [2.75, 3.05) is 13.1 Å². The van der Waals surface area contributed by atoms with Crippen molar-refractivity contribution in [1.29, 1.82) is 0 Å². The van der Waals surface area contributed by atoms with Crippen LogP contribution >= 0.6 is 0 Å². The maximum absolute atomic E-state index is 12.8. The number of amides is 1. The number of hydrogen-bond donors (Lipinski definition) is 0. The molecule has 29 heavy (non-hydrogen) atoms. The molecule has 4 heterocycles. The molecule has 6 heteroatoms. The van der Waals surface area contributed by atoms with E-state index in [0.717, 1.165) is 52.6 Å². The second kappa shape index (κ2) is 7.91. The molecule has 0 atom stereocenters. The number of hydrogen-bond acceptors (Lipinski definition) is 4. The number of aryl methyl sites for hydroxylation is 2. The Morgan fingerprint density at radius 3 is 2.83 bits per heavy atom. The quantitative estimate of drug-likeness (QED) is 0.631. The molecular weight excluding hydrogens is 364 g/mol. The lowest BCUT2D eigenvalue weighted by atomic mass is 10.0. The van der Waals surface area contributed by atoms with Crippen LogP contribution in [0.5, 0.6) is 0 Å². The van der Waals surface area contributed by atoms with Crippen molar-refractivity contribution in [3.05, 3.63) is 77.1 Å². The van der Waals surface area contributed by atoms with Crippen molar-refractivity contribution in [3.8, 4) is 5.82 Å². The number of aromatic nitrogens is 3. The predicted octanol–water partition coefficient (Wildman–Crippen LogP) is 4.11. The van der Waals surface area contributed by atoms with Gasteiger partial charge in [-0.15, -0.1) is 0 Å². The third-order valence-corrected chi connectivity index (χ3v) is 5.22. The van der Waals surface area contributed by atoms with Crippen molar-refractivity contribution >= 4 is 17.6 Å². The molecule has 0 unspecified atom stereocenters. The van der Waals surface area contributed by atoms with E-state index in [1.165, 1.54) is 0 Å². The summed E-state index contributed by atoms with van der Waals surface area (Å²) in [5.74, 6) is 1.54. The molecule has 3 aromatic heterocycles. The van der Waals surface area contributed by atoms with Gasteiger partial charge in [0.05, 0.1) is 0 Å². The molecule has 0 spiro atoms. The molecule has 0 saturated heterocycles. The molecule has 0 bridgehead atoms. The Balaban J connectivity index is 1.50. The van der Waals surface area contributed by atoms with E-state index in [4.69, 9.17) is 4.52 Å². The minimum absolute atomic E-state index is 0.0153. The number of pyridine rings is 1. The molecule has 148 valence electrons. The van der Waals surface area contributed by atoms with E-state index in [1.807, 2.05) is 60.7 Å². The van der Waals surface area contributed by atoms with Gasteiger partial charge >= 0.3 is 0 Å². The van der Waals surface area contributed by atoms with Gasteiger partial charge in [-0.05, 0) is 62.1 Å². The van der Waals surface area contributed by atoms with Crippen LogP contribution in [0.25, 0.3) is 17.5 Å². The lowest BCUT2D eigenvalue weighted by Crippen LogP contribution is -2.34. The maximum atomic E-state index is 12.8. The lowest BCUT2D eigenvalue weighted by Gasteiger charge is -2.26. The monoisotopic (exact) mass is 388 g/mol. The fourth-order valence-corrected chi connectivity index (χ4v) is 3.73. The SMILES string of the molecule is Cc1cc(-n2c(C)cc(/C=C/C(=O)N3CCC=C(c4cccnc4)C3)c2C)no1. The Hall–Kier alpha value is -3.41. The summed E-state index contributed by atoms with van der Waals surface area (Å²) in [6, 6.07) is 7.91. The van der Waals surface area contributed by atoms with Crippen LogP contribution in [-0.4, -0.2) is 38.6 Å². The van der Waals surface area contributed by atoms with Crippen LogP contribution in [0.2, 0.25) is 0 Å². The molecule has 0 radical (unpaired) electrons. The van der Waals surface area contributed by atoms with Crippen molar-refractivity contribution in [2.24, 2.45) is 0 Å². The molecule has 6 nitrogen and oxygen atoms in total. The lowest BCUT2D eigenvalue weighted by molar-refractivity contribution is -0.125. The highest BCUT2D eigenvalue weighted by Gasteiger charge is 2.18. The van der Waals surface area contributed by atoms with Crippen LogP contribution in [-0.2, 0) is 4.79 Å². The average Bonchev–Trinajstić information content (AvgIpc) is 3.28. The first-order valence-electron chi connectivity index (χ1n) is 9.72. The molecule has 1 amide bonds. The molecule has 4 rings (SSSR count). The Morgan fingerprint density at radius 2 is 2.10 bits per heavy atom. The maximum Gasteiger partial charge on any atom is 0.246 e. The molecule has 0 fully saturated rings. The van der Waals surface area contributed by atoms with Crippen LogP contribution in [0, 0.1) is 20.8 Å². The molecule has 0 N–H and O–H groups in total. The molecule has 1 aliphatic rings. The summed E-state index contributed by atoms with van der Waals surface area (Å²) in [7, 11) is 0. The van der Waals surface area contributed by atoms with Gasteiger partial charge < -0.3 is 9.42 Å². The van der Waals surface area contributed by atoms with E-state index in [-0.39, 0.29) is 5.91 Å². The molecule has 0 aromatic carbocycles. The van der Waals surface area contributed by atoms with Crippen molar-refractivity contribution in [2.45, 2.75) is 27.2 Å². The van der Waals surface area contributed by atoms with Gasteiger partial charge in [-0.1, -0.05) is 17.3 Å². The first kappa shape index (κ1) is 18.9. The third-order valence-electron chi connectivity index (χ3n) is 5.22. The summed E-state index contributed by atoms with van der Waals surface area (Å²) in [5.41, 5.74) is 5.28. The first-order chi connectivity index (χ1) is 14.0. The Morgan fingerprint density at radius 1 is 1.24 bits per heavy atom. The number of carbonyl (C=O) groups excluding carboxylic acids is 1. The summed E-state index contributed by atoms with van der Waals surface area (Å²) >= 11 is 0. The van der Waals surface area contributed by atoms with Gasteiger partial charge in [-0.2, -0.15) is 0 Å². The third kappa shape index (κ3) is 3.92. The minimum atomic E-state index is 0.0153. The van der Waals surface area contributed by atoms with E-state index >= 15 is 0 Å². The van der Waals surface area contributed by atoms with Gasteiger partial charge in [0, 0.05) is 49.0 Å². The topological polar surface area (TPSA) is 64.2 Å². The smallest absolute Gasteiger partial charge is 0.246 e. The van der Waals surface area contributed by atoms with E-state index < -0.39 is 0 Å². The highest BCUT2D eigenvalue weighted by atomic mass is 16.5. The van der Waals surface area contributed by atoms with Crippen LogP contribution < -0.4 is 0 Å². The van der Waals surface area contributed by atoms with E-state index in [1.54, 1.807) is 12.3 Å². The molecule has 1 aliphatic heterocycles. The van der Waals surface area contributed by atoms with E-state index in [2.05, 4.69) is 22.3 Å². The number of nitrogens with zero attached hydrogens (tertiary/aromatic N) is 4. The minimum Gasteiger partial charge on any atom is -0.360 e. The molecule has 3 aromatic rings. The Bertz CT molecular complexity index is 1090. The average molecular weight is 388 g/mol. The number of carbonyl (C=O) groups is 1. The van der Waals surface area contributed by atoms with Gasteiger partial charge in [-0.25, -0.2) is 0 Å². The van der Waals surface area contributed by atoms with E-state index in [9.17, 15) is 4.79 Å². The Labute approximate surface area is 170 Å². The fraction of sp³-hybridized carbons (Fsp3) is 0.261. The summed E-state index contributed by atoms with van der Waals surface area (Å²) < 4.78 is 7.24. The van der Waals surface area contributed by atoms with Gasteiger partial charge in [0.25, 0.3) is 0 Å². The van der Waals surface area contributed by atoms with Crippen LogP contribution in [0.3, 0.4) is 0 Å². The standard InChI is InChI=1S/C23H24N4O2/c1-16-12-19(18(3)27(16)22-13-17(2)29-25-22)8-9-23(28)26-11-5-7-21(15-26)20-6-4-10-24-14-20/h4,6-10,12-14H,5,11,15H2,1-3H3/b9-8+. The fourth-order valence-electron chi connectivity index (χ4n) is 3.73. The summed E-state index contributed by atoms with van der Waals surface area (Å²) in [6.45, 7) is 7.24. The zero-order valence-corrected chi connectivity index (χ0v) is 16.9. The van der Waals surface area contributed by atoms with Gasteiger partial charge in [-0.3, -0.25) is 14.3 Å². The Kier molecular flexibility index (Phi) is 5.16. The summed E-state index contributed by atoms with van der Waals surface area (Å²) in [4.78, 5) is 18.8. The molecular formula is C23H24N4O2. The van der Waals surface area contributed by atoms with Crippen molar-refractivity contribution in [3.63, 3.8) is 0 Å². The van der Waals surface area contributed by atoms with Crippen LogP contribution in [0.1, 0.15) is 34.7 Å². The van der Waals surface area contributed by atoms with Gasteiger partial charge in [0.1, 0.15) is 5.76 Å². The van der Waals surface area contributed by atoms with E-state index in [0.29, 0.717) is 6.54 Å². The zero-order valence-electron chi connectivity index (χ0n) is 16.9. The normalized spacial score (nSPS) is 14.4. The van der Waals surface area contributed by atoms with Crippen LogP contribution in [0.15, 0.2) is 53.3 Å². The van der Waals surface area contributed by atoms with Crippen LogP contribution in [0.4, 0.5) is 0 Å². The van der Waals surface area contributed by atoms with Gasteiger partial charge in [0.15, 0.2) is 5.82 Å². The number of rotatable bonds is 4. The molecule has 0 saturated carbocycles. The van der Waals surface area contributed by atoms with Gasteiger partial charge in [0.2, 0.25) is 5.91 Å².